The van der Waals surface area contributed by atoms with Crippen LogP contribution < -0.4 is 5.32 Å². The molecule has 4 aliphatic carbocycles. The number of nitrogens with zero attached hydrogens (tertiary/aromatic N) is 1. The molecule has 30 heavy (non-hydrogen) atoms. The molecule has 2 atom stereocenters. The molecule has 6 rings (SSSR count). The zero-order valence-electron chi connectivity index (χ0n) is 17.2. The van der Waals surface area contributed by atoms with Crippen LogP contribution in [0.1, 0.15) is 32.1 Å². The van der Waals surface area contributed by atoms with Crippen LogP contribution in [0.2, 0.25) is 0 Å². The average Bonchev–Trinajstić information content (AvgIpc) is 3.02. The molecule has 0 amide bonds. The van der Waals surface area contributed by atoms with Gasteiger partial charge in [-0.25, -0.2) is 8.42 Å². The molecule has 1 saturated heterocycles. The maximum Gasteiger partial charge on any atom is 0.243 e. The molecular weight excluding hydrogens is 404 g/mol. The van der Waals surface area contributed by atoms with Crippen molar-refractivity contribution in [3.05, 3.63) is 30.3 Å². The second-order valence-corrected chi connectivity index (χ2v) is 12.1. The Hall–Kier alpha value is -1.03. The van der Waals surface area contributed by atoms with Gasteiger partial charge in [-0.2, -0.15) is 4.31 Å². The van der Waals surface area contributed by atoms with Gasteiger partial charge < -0.3 is 20.6 Å². The number of aliphatic hydroxyl groups is 3. The number of aliphatic hydroxyl groups excluding tert-OH is 1. The summed E-state index contributed by atoms with van der Waals surface area (Å²) in [7, 11) is -3.78. The lowest BCUT2D eigenvalue weighted by molar-refractivity contribution is -0.171. The Labute approximate surface area is 178 Å². The van der Waals surface area contributed by atoms with Gasteiger partial charge in [-0.15, -0.1) is 0 Å². The fourth-order valence-corrected chi connectivity index (χ4v) is 8.23. The van der Waals surface area contributed by atoms with Gasteiger partial charge in [0.2, 0.25) is 10.0 Å². The van der Waals surface area contributed by atoms with Gasteiger partial charge in [0.05, 0.1) is 16.6 Å². The fourth-order valence-electron chi connectivity index (χ4n) is 6.70. The van der Waals surface area contributed by atoms with E-state index < -0.39 is 27.3 Å². The van der Waals surface area contributed by atoms with Crippen LogP contribution in [-0.2, 0) is 10.0 Å². The summed E-state index contributed by atoms with van der Waals surface area (Å²) in [4.78, 5) is 0.150. The van der Waals surface area contributed by atoms with E-state index in [1.165, 1.54) is 18.6 Å². The van der Waals surface area contributed by atoms with Gasteiger partial charge in [0.1, 0.15) is 5.60 Å². The first kappa shape index (κ1) is 20.8. The van der Waals surface area contributed by atoms with Crippen molar-refractivity contribution in [1.29, 1.82) is 0 Å². The highest BCUT2D eigenvalue weighted by Crippen LogP contribution is 2.58. The normalized spacial score (nSPS) is 43.4. The fraction of sp³-hybridized carbons (Fsp3) is 0.727. The molecule has 5 fully saturated rings. The number of β-amino-alcohol motifs (C(OH)–C–C–N with tert-alkyl or cyclic N) is 2. The van der Waals surface area contributed by atoms with Crippen molar-refractivity contribution in [2.45, 2.75) is 54.3 Å². The first-order valence-electron chi connectivity index (χ1n) is 11.1. The molecule has 1 heterocycles. The van der Waals surface area contributed by atoms with Crippen molar-refractivity contribution in [3.8, 4) is 0 Å². The largest absolute Gasteiger partial charge is 0.389 e. The van der Waals surface area contributed by atoms with Gasteiger partial charge in [-0.1, -0.05) is 18.2 Å². The first-order chi connectivity index (χ1) is 14.2. The third-order valence-electron chi connectivity index (χ3n) is 8.22. The van der Waals surface area contributed by atoms with Gasteiger partial charge in [0.15, 0.2) is 0 Å². The molecule has 7 nitrogen and oxygen atoms in total. The molecule has 0 aromatic heterocycles. The predicted octanol–water partition coefficient (Wildman–Crippen LogP) is 0.560. The summed E-state index contributed by atoms with van der Waals surface area (Å²) in [5.74, 6) is 2.12. The molecule has 1 aromatic carbocycles. The minimum Gasteiger partial charge on any atom is -0.389 e. The Balaban J connectivity index is 1.23. The lowest BCUT2D eigenvalue weighted by Gasteiger charge is -2.59. The Morgan fingerprint density at radius 2 is 1.57 bits per heavy atom. The van der Waals surface area contributed by atoms with Crippen LogP contribution in [0.25, 0.3) is 0 Å². The molecule has 8 heteroatoms. The van der Waals surface area contributed by atoms with Crippen LogP contribution in [0.3, 0.4) is 0 Å². The van der Waals surface area contributed by atoms with E-state index in [0.717, 1.165) is 41.8 Å². The molecule has 5 aliphatic rings. The summed E-state index contributed by atoms with van der Waals surface area (Å²) in [6.07, 6.45) is 4.47. The molecule has 1 aliphatic heterocycles. The Morgan fingerprint density at radius 1 is 0.967 bits per heavy atom. The van der Waals surface area contributed by atoms with Crippen molar-refractivity contribution < 1.29 is 23.7 Å². The molecule has 4 saturated carbocycles. The minimum atomic E-state index is -3.78. The van der Waals surface area contributed by atoms with E-state index in [9.17, 15) is 23.7 Å². The summed E-state index contributed by atoms with van der Waals surface area (Å²) in [5, 5.41) is 36.1. The van der Waals surface area contributed by atoms with E-state index in [0.29, 0.717) is 18.4 Å². The number of hydrogen-bond acceptors (Lipinski definition) is 6. The van der Waals surface area contributed by atoms with Crippen LogP contribution in [0, 0.1) is 23.7 Å². The third-order valence-corrected chi connectivity index (χ3v) is 10.0. The number of benzene rings is 1. The standard InChI is InChI=1S/C22H32N2O5S/c25-20-11-24(30(28,29)19-4-2-1-3-5-19)14-21(20,26)12-23-13-22(27)17-7-15-6-16(9-17)10-18(22)8-15/h1-5,15-18,20,23,25-27H,6-14H2/t15?,16?,17?,18?,20-,21+,22?/m1/s1. The van der Waals surface area contributed by atoms with E-state index >= 15 is 0 Å². The van der Waals surface area contributed by atoms with Crippen molar-refractivity contribution in [2.24, 2.45) is 23.7 Å². The van der Waals surface area contributed by atoms with Gasteiger partial charge >= 0.3 is 0 Å². The lowest BCUT2D eigenvalue weighted by Crippen LogP contribution is -2.63. The predicted molar refractivity (Wildman–Crippen MR) is 111 cm³/mol. The first-order valence-corrected chi connectivity index (χ1v) is 12.5. The molecule has 0 radical (unpaired) electrons. The number of rotatable bonds is 6. The summed E-state index contributed by atoms with van der Waals surface area (Å²) in [6.45, 7) is 0.105. The summed E-state index contributed by atoms with van der Waals surface area (Å²) >= 11 is 0. The van der Waals surface area contributed by atoms with Crippen LogP contribution in [0.4, 0.5) is 0 Å². The van der Waals surface area contributed by atoms with E-state index in [4.69, 9.17) is 0 Å². The zero-order chi connectivity index (χ0) is 21.1. The second-order valence-electron chi connectivity index (χ2n) is 10.1. The van der Waals surface area contributed by atoms with Crippen molar-refractivity contribution in [2.75, 3.05) is 26.2 Å². The van der Waals surface area contributed by atoms with Gasteiger partial charge in [-0.05, 0) is 67.9 Å². The Morgan fingerprint density at radius 3 is 2.17 bits per heavy atom. The van der Waals surface area contributed by atoms with Crippen molar-refractivity contribution in [3.63, 3.8) is 0 Å². The highest BCUT2D eigenvalue weighted by Gasteiger charge is 2.56. The lowest BCUT2D eigenvalue weighted by atomic mass is 9.50. The Bertz CT molecular complexity index is 864. The maximum atomic E-state index is 12.9. The molecular formula is C22H32N2O5S. The monoisotopic (exact) mass is 436 g/mol. The van der Waals surface area contributed by atoms with E-state index in [-0.39, 0.29) is 24.5 Å². The molecule has 166 valence electrons. The smallest absolute Gasteiger partial charge is 0.243 e. The van der Waals surface area contributed by atoms with Crippen LogP contribution >= 0.6 is 0 Å². The SMILES string of the molecule is O=S(=O)(c1ccccc1)N1C[C@@H](O)[C@](O)(CNCC2(O)C3CC4CC(C3)CC2C4)C1. The van der Waals surface area contributed by atoms with Crippen LogP contribution in [0.15, 0.2) is 35.2 Å². The van der Waals surface area contributed by atoms with E-state index in [1.54, 1.807) is 18.2 Å². The Kier molecular flexibility index (Phi) is 5.04. The molecule has 0 unspecified atom stereocenters. The topological polar surface area (TPSA) is 110 Å². The minimum absolute atomic E-state index is 0.0452. The van der Waals surface area contributed by atoms with Gasteiger partial charge in [-0.3, -0.25) is 0 Å². The van der Waals surface area contributed by atoms with Crippen LogP contribution in [0.5, 0.6) is 0 Å². The molecule has 4 bridgehead atoms. The highest BCUT2D eigenvalue weighted by atomic mass is 32.2. The third kappa shape index (κ3) is 3.32. The average molecular weight is 437 g/mol. The van der Waals surface area contributed by atoms with Crippen molar-refractivity contribution in [1.82, 2.24) is 9.62 Å². The van der Waals surface area contributed by atoms with E-state index in [2.05, 4.69) is 5.32 Å². The van der Waals surface area contributed by atoms with Gasteiger partial charge in [0.25, 0.3) is 0 Å². The maximum absolute atomic E-state index is 12.9. The van der Waals surface area contributed by atoms with E-state index in [1.807, 2.05) is 0 Å². The van der Waals surface area contributed by atoms with Crippen molar-refractivity contribution >= 4 is 10.0 Å². The second kappa shape index (κ2) is 7.25. The molecule has 1 aromatic rings. The zero-order valence-corrected chi connectivity index (χ0v) is 18.0. The highest BCUT2D eigenvalue weighted by molar-refractivity contribution is 7.89. The van der Waals surface area contributed by atoms with Gasteiger partial charge in [0, 0.05) is 26.2 Å². The summed E-state index contributed by atoms with van der Waals surface area (Å²) in [6, 6.07) is 8.07. The number of hydrogen-bond donors (Lipinski definition) is 4. The molecule has 0 spiro atoms. The number of sulfonamides is 1. The molecule has 4 N–H and O–H groups in total. The number of nitrogens with one attached hydrogen (secondary N) is 1. The summed E-state index contributed by atoms with van der Waals surface area (Å²) < 4.78 is 26.8. The van der Waals surface area contributed by atoms with Crippen LogP contribution in [-0.4, -0.2) is 71.5 Å². The summed E-state index contributed by atoms with van der Waals surface area (Å²) in [5.41, 5.74) is -2.34. The quantitative estimate of drug-likeness (QED) is 0.519.